The summed E-state index contributed by atoms with van der Waals surface area (Å²) in [5.74, 6) is 0.947. The van der Waals surface area contributed by atoms with Crippen molar-refractivity contribution in [1.29, 1.82) is 0 Å². The highest BCUT2D eigenvalue weighted by atomic mass is 19.4. The van der Waals surface area contributed by atoms with Crippen LogP contribution < -0.4 is 15.4 Å². The van der Waals surface area contributed by atoms with Gasteiger partial charge in [-0.15, -0.1) is 0 Å². The molecule has 0 spiro atoms. The third-order valence-corrected chi connectivity index (χ3v) is 4.94. The first-order valence-electron chi connectivity index (χ1n) is 10.1. The molecular weight excluding hydrogens is 441 g/mol. The number of ether oxygens (including phenoxy) is 3. The van der Waals surface area contributed by atoms with Gasteiger partial charge in [0.05, 0.1) is 56.4 Å². The standard InChI is InChI=1S/C21H23F3N6O3/c1-13-7-29(12-26-13)17-4-3-15(6-18(17)31-2)30(16-9-32-10-16)20-27-14(5-19(25)28-20)8-33-11-21(22,23)24/h3-7,12,16H,8-11H2,1-2H3,(H2,25,27,28). The summed E-state index contributed by atoms with van der Waals surface area (Å²) in [7, 11) is 1.57. The minimum Gasteiger partial charge on any atom is -0.494 e. The monoisotopic (exact) mass is 464 g/mol. The minimum absolute atomic E-state index is 0.0817. The molecule has 0 unspecified atom stereocenters. The van der Waals surface area contributed by atoms with Crippen molar-refractivity contribution in [2.75, 3.05) is 37.6 Å². The summed E-state index contributed by atoms with van der Waals surface area (Å²) in [5, 5.41) is 0. The van der Waals surface area contributed by atoms with E-state index in [9.17, 15) is 13.2 Å². The van der Waals surface area contributed by atoms with E-state index in [1.165, 1.54) is 6.07 Å². The van der Waals surface area contributed by atoms with Gasteiger partial charge in [0, 0.05) is 24.0 Å². The molecule has 9 nitrogen and oxygen atoms in total. The number of rotatable bonds is 8. The zero-order valence-electron chi connectivity index (χ0n) is 18.0. The molecule has 3 heterocycles. The van der Waals surface area contributed by atoms with Crippen molar-refractivity contribution in [3.8, 4) is 11.4 Å². The number of alkyl halides is 3. The summed E-state index contributed by atoms with van der Waals surface area (Å²) in [6, 6.07) is 6.89. The average Bonchev–Trinajstić information content (AvgIpc) is 3.14. The van der Waals surface area contributed by atoms with Gasteiger partial charge in [0.2, 0.25) is 5.95 Å². The molecule has 0 bridgehead atoms. The summed E-state index contributed by atoms with van der Waals surface area (Å²) >= 11 is 0. The molecule has 1 aromatic carbocycles. The normalized spacial score (nSPS) is 14.2. The Kier molecular flexibility index (Phi) is 6.38. The topological polar surface area (TPSA) is 101 Å². The maximum absolute atomic E-state index is 12.4. The molecular formula is C21H23F3N6O3. The lowest BCUT2D eigenvalue weighted by Crippen LogP contribution is -2.47. The number of imidazole rings is 1. The second-order valence-electron chi connectivity index (χ2n) is 7.53. The molecule has 33 heavy (non-hydrogen) atoms. The molecule has 0 aliphatic carbocycles. The number of hydrogen-bond donors (Lipinski definition) is 1. The highest BCUT2D eigenvalue weighted by Gasteiger charge is 2.31. The van der Waals surface area contributed by atoms with E-state index in [0.29, 0.717) is 24.7 Å². The maximum atomic E-state index is 12.4. The Morgan fingerprint density at radius 2 is 2.03 bits per heavy atom. The van der Waals surface area contributed by atoms with Crippen LogP contribution in [-0.4, -0.2) is 58.7 Å². The first kappa shape index (κ1) is 22.8. The van der Waals surface area contributed by atoms with E-state index in [-0.39, 0.29) is 30.1 Å². The van der Waals surface area contributed by atoms with Crippen molar-refractivity contribution >= 4 is 17.5 Å². The van der Waals surface area contributed by atoms with Crippen LogP contribution in [-0.2, 0) is 16.1 Å². The quantitative estimate of drug-likeness (QED) is 0.543. The van der Waals surface area contributed by atoms with Gasteiger partial charge in [0.15, 0.2) is 0 Å². The van der Waals surface area contributed by atoms with Crippen molar-refractivity contribution in [3.05, 3.63) is 48.2 Å². The first-order valence-corrected chi connectivity index (χ1v) is 10.1. The summed E-state index contributed by atoms with van der Waals surface area (Å²) in [5.41, 5.74) is 8.54. The van der Waals surface area contributed by atoms with E-state index in [0.717, 1.165) is 11.4 Å². The Morgan fingerprint density at radius 3 is 2.64 bits per heavy atom. The molecule has 1 fully saturated rings. The molecule has 1 saturated heterocycles. The molecule has 3 aromatic rings. The number of nitrogens with two attached hydrogens (primary N) is 1. The lowest BCUT2D eigenvalue weighted by molar-refractivity contribution is -0.176. The van der Waals surface area contributed by atoms with Gasteiger partial charge in [0.25, 0.3) is 0 Å². The zero-order chi connectivity index (χ0) is 23.6. The predicted octanol–water partition coefficient (Wildman–Crippen LogP) is 3.18. The Hall–Kier alpha value is -3.38. The van der Waals surface area contributed by atoms with Gasteiger partial charge in [-0.05, 0) is 19.1 Å². The van der Waals surface area contributed by atoms with Crippen LogP contribution in [0.3, 0.4) is 0 Å². The number of aryl methyl sites for hydroxylation is 1. The molecule has 0 amide bonds. The molecule has 0 saturated carbocycles. The van der Waals surface area contributed by atoms with Gasteiger partial charge in [-0.1, -0.05) is 0 Å². The molecule has 2 aromatic heterocycles. The van der Waals surface area contributed by atoms with E-state index in [2.05, 4.69) is 15.0 Å². The highest BCUT2D eigenvalue weighted by molar-refractivity contribution is 5.66. The van der Waals surface area contributed by atoms with Gasteiger partial charge >= 0.3 is 6.18 Å². The third kappa shape index (κ3) is 5.34. The highest BCUT2D eigenvalue weighted by Crippen LogP contribution is 2.34. The summed E-state index contributed by atoms with van der Waals surface area (Å²) in [6.07, 6.45) is -0.856. The lowest BCUT2D eigenvalue weighted by Gasteiger charge is -2.37. The van der Waals surface area contributed by atoms with E-state index in [4.69, 9.17) is 19.9 Å². The van der Waals surface area contributed by atoms with Crippen molar-refractivity contribution < 1.29 is 27.4 Å². The maximum Gasteiger partial charge on any atom is 0.411 e. The molecule has 0 radical (unpaired) electrons. The summed E-state index contributed by atoms with van der Waals surface area (Å²) in [6.45, 7) is 1.03. The summed E-state index contributed by atoms with van der Waals surface area (Å²) in [4.78, 5) is 14.8. The van der Waals surface area contributed by atoms with Crippen LogP contribution in [0.2, 0.25) is 0 Å². The number of nitrogens with zero attached hydrogens (tertiary/aromatic N) is 5. The largest absolute Gasteiger partial charge is 0.494 e. The molecule has 2 N–H and O–H groups in total. The number of aromatic nitrogens is 4. The van der Waals surface area contributed by atoms with Crippen molar-refractivity contribution in [2.24, 2.45) is 0 Å². The number of nitrogen functional groups attached to an aromatic ring is 1. The smallest absolute Gasteiger partial charge is 0.411 e. The van der Waals surface area contributed by atoms with Crippen LogP contribution in [0, 0.1) is 6.92 Å². The van der Waals surface area contributed by atoms with Gasteiger partial charge < -0.3 is 29.4 Å². The fourth-order valence-electron chi connectivity index (χ4n) is 3.40. The zero-order valence-corrected chi connectivity index (χ0v) is 18.0. The van der Waals surface area contributed by atoms with Gasteiger partial charge in [-0.2, -0.15) is 18.2 Å². The minimum atomic E-state index is -4.43. The van der Waals surface area contributed by atoms with Crippen molar-refractivity contribution in [3.63, 3.8) is 0 Å². The Labute approximate surface area is 187 Å². The second-order valence-corrected chi connectivity index (χ2v) is 7.53. The van der Waals surface area contributed by atoms with Gasteiger partial charge in [-0.3, -0.25) is 0 Å². The fraction of sp³-hybridized carbons (Fsp3) is 0.381. The number of methoxy groups -OCH3 is 1. The number of halogens is 3. The van der Waals surface area contributed by atoms with Gasteiger partial charge in [0.1, 0.15) is 18.2 Å². The Balaban J connectivity index is 1.67. The van der Waals surface area contributed by atoms with E-state index in [1.807, 2.05) is 40.8 Å². The predicted molar refractivity (Wildman–Crippen MR) is 114 cm³/mol. The summed E-state index contributed by atoms with van der Waals surface area (Å²) < 4.78 is 54.8. The number of hydrogen-bond acceptors (Lipinski definition) is 8. The third-order valence-electron chi connectivity index (χ3n) is 4.94. The van der Waals surface area contributed by atoms with Crippen LogP contribution in [0.4, 0.5) is 30.6 Å². The SMILES string of the molecule is COc1cc(N(c2nc(N)cc(COCC(F)(F)F)n2)C2COC2)ccc1-n1cnc(C)c1. The number of benzene rings is 1. The van der Waals surface area contributed by atoms with E-state index < -0.39 is 12.8 Å². The van der Waals surface area contributed by atoms with E-state index in [1.54, 1.807) is 13.4 Å². The van der Waals surface area contributed by atoms with Crippen molar-refractivity contribution in [1.82, 2.24) is 19.5 Å². The van der Waals surface area contributed by atoms with Gasteiger partial charge in [-0.25, -0.2) is 9.97 Å². The number of anilines is 3. The average molecular weight is 464 g/mol. The Bertz CT molecular complexity index is 1120. The van der Waals surface area contributed by atoms with E-state index >= 15 is 0 Å². The fourth-order valence-corrected chi connectivity index (χ4v) is 3.40. The Morgan fingerprint density at radius 1 is 1.24 bits per heavy atom. The molecule has 1 aliphatic heterocycles. The van der Waals surface area contributed by atoms with Crippen molar-refractivity contribution in [2.45, 2.75) is 25.7 Å². The molecule has 1 aliphatic rings. The lowest BCUT2D eigenvalue weighted by atomic mass is 10.1. The van der Waals surface area contributed by atoms with Crippen LogP contribution in [0.25, 0.3) is 5.69 Å². The molecule has 4 rings (SSSR count). The second kappa shape index (κ2) is 9.24. The van der Waals surface area contributed by atoms with Crippen LogP contribution >= 0.6 is 0 Å². The van der Waals surface area contributed by atoms with Crippen LogP contribution in [0.5, 0.6) is 5.75 Å². The van der Waals surface area contributed by atoms with Crippen LogP contribution in [0.15, 0.2) is 36.8 Å². The molecule has 12 heteroatoms. The van der Waals surface area contributed by atoms with Crippen LogP contribution in [0.1, 0.15) is 11.4 Å². The first-order chi connectivity index (χ1) is 15.7. The molecule has 0 atom stereocenters. The molecule has 176 valence electrons.